The number of unbranched alkanes of at least 4 members (excludes halogenated alkanes) is 1. The number of aromatic nitrogens is 2. The summed E-state index contributed by atoms with van der Waals surface area (Å²) in [6.07, 6.45) is 2.09. The summed E-state index contributed by atoms with van der Waals surface area (Å²) in [7, 11) is 1.66. The lowest BCUT2D eigenvalue weighted by molar-refractivity contribution is 0.240. The van der Waals surface area contributed by atoms with Crippen LogP contribution in [0, 0.1) is 5.82 Å². The quantitative estimate of drug-likeness (QED) is 0.171. The van der Waals surface area contributed by atoms with Gasteiger partial charge in [-0.2, -0.15) is 0 Å². The number of aromatic hydroxyl groups is 1. The second-order valence-electron chi connectivity index (χ2n) is 10.2. The lowest BCUT2D eigenvalue weighted by atomic mass is 10.1. The van der Waals surface area contributed by atoms with Crippen molar-refractivity contribution < 1.29 is 14.2 Å². The lowest BCUT2D eigenvalue weighted by Crippen LogP contribution is -2.24. The third-order valence-corrected chi connectivity index (χ3v) is 7.24. The molecule has 0 fully saturated rings. The van der Waals surface area contributed by atoms with E-state index in [-0.39, 0.29) is 5.75 Å². The van der Waals surface area contributed by atoms with Gasteiger partial charge < -0.3 is 14.4 Å². The van der Waals surface area contributed by atoms with Crippen molar-refractivity contribution in [2.45, 2.75) is 45.9 Å². The Morgan fingerprint density at radius 2 is 1.44 bits per heavy atom. The first-order chi connectivity index (χ1) is 20.1. The number of methoxy groups -OCH3 is 1. The zero-order valence-corrected chi connectivity index (χ0v) is 23.6. The van der Waals surface area contributed by atoms with Crippen LogP contribution in [0.2, 0.25) is 0 Å². The van der Waals surface area contributed by atoms with Crippen LogP contribution in [0.1, 0.15) is 36.6 Å². The number of hydrogen-bond acceptors (Lipinski definition) is 4. The van der Waals surface area contributed by atoms with E-state index in [2.05, 4.69) is 52.8 Å². The minimum absolute atomic E-state index is 0.341. The van der Waals surface area contributed by atoms with E-state index in [0.717, 1.165) is 64.6 Å². The van der Waals surface area contributed by atoms with Gasteiger partial charge in [0.1, 0.15) is 11.6 Å². The molecule has 41 heavy (non-hydrogen) atoms. The fourth-order valence-electron chi connectivity index (χ4n) is 5.11. The Kier molecular flexibility index (Phi) is 9.12. The van der Waals surface area contributed by atoms with Crippen molar-refractivity contribution in [3.8, 4) is 34.1 Å². The molecule has 0 aliphatic carbocycles. The number of phenols is 1. The Morgan fingerprint density at radius 3 is 2.07 bits per heavy atom. The van der Waals surface area contributed by atoms with Crippen molar-refractivity contribution in [3.05, 3.63) is 126 Å². The molecule has 1 N–H and O–H groups in total. The fourth-order valence-corrected chi connectivity index (χ4v) is 5.11. The van der Waals surface area contributed by atoms with Crippen LogP contribution in [-0.2, 0) is 26.2 Å². The zero-order valence-electron chi connectivity index (χ0n) is 23.6. The van der Waals surface area contributed by atoms with Gasteiger partial charge in [-0.15, -0.1) is 0 Å². The molecule has 0 atom stereocenters. The second kappa shape index (κ2) is 13.3. The smallest absolute Gasteiger partial charge is 0.165 e. The molecule has 0 unspecified atom stereocenters. The number of imidazole rings is 1. The van der Waals surface area contributed by atoms with Gasteiger partial charge in [-0.1, -0.05) is 92.2 Å². The van der Waals surface area contributed by atoms with Gasteiger partial charge in [0.25, 0.3) is 0 Å². The third kappa shape index (κ3) is 6.84. The first kappa shape index (κ1) is 28.1. The van der Waals surface area contributed by atoms with Gasteiger partial charge in [0.15, 0.2) is 11.6 Å². The molecular weight excluding hydrogens is 513 g/mol. The first-order valence-electron chi connectivity index (χ1n) is 14.1. The van der Waals surface area contributed by atoms with Crippen molar-refractivity contribution in [3.63, 3.8) is 0 Å². The number of benzene rings is 4. The monoisotopic (exact) mass is 549 g/mol. The van der Waals surface area contributed by atoms with E-state index in [1.807, 2.05) is 48.5 Å². The average Bonchev–Trinajstić information content (AvgIpc) is 3.36. The van der Waals surface area contributed by atoms with Crippen molar-refractivity contribution in [1.82, 2.24) is 14.5 Å². The number of phenolic OH excluding ortho intramolecular Hbond substituents is 1. The van der Waals surface area contributed by atoms with E-state index in [1.165, 1.54) is 12.1 Å². The summed E-state index contributed by atoms with van der Waals surface area (Å²) >= 11 is 0. The van der Waals surface area contributed by atoms with Crippen molar-refractivity contribution in [2.75, 3.05) is 7.11 Å². The molecule has 0 aliphatic heterocycles. The summed E-state index contributed by atoms with van der Waals surface area (Å²) in [6.45, 7) is 4.78. The van der Waals surface area contributed by atoms with Crippen molar-refractivity contribution in [2.24, 2.45) is 0 Å². The maximum Gasteiger partial charge on any atom is 0.165 e. The molecule has 4 aromatic carbocycles. The first-order valence-corrected chi connectivity index (χ1v) is 14.1. The summed E-state index contributed by atoms with van der Waals surface area (Å²) in [5.74, 6) is 0.800. The summed E-state index contributed by atoms with van der Waals surface area (Å²) in [4.78, 5) is 7.55. The van der Waals surface area contributed by atoms with E-state index in [1.54, 1.807) is 13.2 Å². The Labute approximate surface area is 241 Å². The van der Waals surface area contributed by atoms with Crippen LogP contribution < -0.4 is 4.74 Å². The molecule has 0 spiro atoms. The van der Waals surface area contributed by atoms with Gasteiger partial charge >= 0.3 is 0 Å². The predicted molar refractivity (Wildman–Crippen MR) is 162 cm³/mol. The highest BCUT2D eigenvalue weighted by atomic mass is 19.1. The number of hydrogen-bond donors (Lipinski definition) is 1. The van der Waals surface area contributed by atoms with E-state index in [0.29, 0.717) is 19.6 Å². The standard InChI is InChI=1S/C35H36FN3O2/c1-3-4-21-39-32(34(28-11-7-5-8-12-28)37-35(39)29-13-9-6-10-14-29)25-38(23-26-15-18-30(41-2)19-16-26)24-27-17-20-33(40)31(36)22-27/h5-20,22,40H,3-4,21,23-25H2,1-2H3. The summed E-state index contributed by atoms with van der Waals surface area (Å²) in [6, 6.07) is 33.3. The van der Waals surface area contributed by atoms with E-state index in [9.17, 15) is 9.50 Å². The Balaban J connectivity index is 1.60. The second-order valence-corrected chi connectivity index (χ2v) is 10.2. The molecule has 0 radical (unpaired) electrons. The van der Waals surface area contributed by atoms with E-state index < -0.39 is 5.82 Å². The molecule has 1 aromatic heterocycles. The van der Waals surface area contributed by atoms with Crippen LogP contribution in [-0.4, -0.2) is 26.7 Å². The number of nitrogens with zero attached hydrogens (tertiary/aromatic N) is 3. The van der Waals surface area contributed by atoms with Crippen LogP contribution in [0.25, 0.3) is 22.6 Å². The van der Waals surface area contributed by atoms with Crippen LogP contribution in [0.4, 0.5) is 4.39 Å². The van der Waals surface area contributed by atoms with E-state index >= 15 is 0 Å². The normalized spacial score (nSPS) is 11.2. The third-order valence-electron chi connectivity index (χ3n) is 7.24. The van der Waals surface area contributed by atoms with Gasteiger partial charge in [0.2, 0.25) is 0 Å². The highest BCUT2D eigenvalue weighted by Gasteiger charge is 2.22. The number of ether oxygens (including phenoxy) is 1. The molecule has 5 nitrogen and oxygen atoms in total. The molecule has 5 aromatic rings. The largest absolute Gasteiger partial charge is 0.505 e. The topological polar surface area (TPSA) is 50.5 Å². The molecule has 0 saturated carbocycles. The molecule has 6 heteroatoms. The number of rotatable bonds is 12. The Bertz CT molecular complexity index is 1550. The van der Waals surface area contributed by atoms with Gasteiger partial charge in [-0.3, -0.25) is 4.90 Å². The lowest BCUT2D eigenvalue weighted by Gasteiger charge is -2.25. The van der Waals surface area contributed by atoms with Gasteiger partial charge in [0.05, 0.1) is 18.5 Å². The van der Waals surface area contributed by atoms with Crippen LogP contribution in [0.5, 0.6) is 11.5 Å². The maximum atomic E-state index is 14.4. The van der Waals surface area contributed by atoms with Crippen molar-refractivity contribution >= 4 is 0 Å². The maximum absolute atomic E-state index is 14.4. The van der Waals surface area contributed by atoms with Crippen LogP contribution in [0.3, 0.4) is 0 Å². The highest BCUT2D eigenvalue weighted by molar-refractivity contribution is 5.68. The minimum Gasteiger partial charge on any atom is -0.505 e. The Morgan fingerprint density at radius 1 is 0.805 bits per heavy atom. The molecular formula is C35H36FN3O2. The highest BCUT2D eigenvalue weighted by Crippen LogP contribution is 2.32. The van der Waals surface area contributed by atoms with Gasteiger partial charge in [-0.05, 0) is 41.8 Å². The zero-order chi connectivity index (χ0) is 28.6. The molecule has 1 heterocycles. The number of halogens is 1. The van der Waals surface area contributed by atoms with Crippen molar-refractivity contribution in [1.29, 1.82) is 0 Å². The molecule has 0 bridgehead atoms. The van der Waals surface area contributed by atoms with Crippen LogP contribution in [0.15, 0.2) is 103 Å². The molecule has 210 valence electrons. The SMILES string of the molecule is CCCCn1c(-c2ccccc2)nc(-c2ccccc2)c1CN(Cc1ccc(OC)cc1)Cc1ccc(O)c(F)c1. The minimum atomic E-state index is -0.615. The fraction of sp³-hybridized carbons (Fsp3) is 0.229. The van der Waals surface area contributed by atoms with Crippen LogP contribution >= 0.6 is 0 Å². The molecule has 5 rings (SSSR count). The van der Waals surface area contributed by atoms with Gasteiger partial charge in [-0.25, -0.2) is 9.37 Å². The van der Waals surface area contributed by atoms with Gasteiger partial charge in [0, 0.05) is 37.3 Å². The summed E-state index contributed by atoms with van der Waals surface area (Å²) < 4.78 is 22.1. The molecule has 0 aliphatic rings. The Hall–Kier alpha value is -4.42. The molecule has 0 amide bonds. The molecule has 0 saturated heterocycles. The van der Waals surface area contributed by atoms with E-state index in [4.69, 9.17) is 9.72 Å². The average molecular weight is 550 g/mol. The predicted octanol–water partition coefficient (Wildman–Crippen LogP) is 8.07. The summed E-state index contributed by atoms with van der Waals surface area (Å²) in [5.41, 5.74) is 6.13. The summed E-state index contributed by atoms with van der Waals surface area (Å²) in [5, 5.41) is 9.78.